The highest BCUT2D eigenvalue weighted by Crippen LogP contribution is 2.28. The molecule has 1 unspecified atom stereocenters. The molecule has 1 aromatic rings. The second-order valence-corrected chi connectivity index (χ2v) is 3.97. The molecule has 0 saturated heterocycles. The number of halogens is 1. The van der Waals surface area contributed by atoms with Crippen molar-refractivity contribution in [3.63, 3.8) is 0 Å². The van der Waals surface area contributed by atoms with Crippen LogP contribution in [0, 0.1) is 0 Å². The lowest BCUT2D eigenvalue weighted by atomic mass is 10.3. The Labute approximate surface area is 83.6 Å². The number of benzene rings is 1. The largest absolute Gasteiger partial charge is 0.497 e. The number of methoxy groups -OCH3 is 2. The van der Waals surface area contributed by atoms with Crippen molar-refractivity contribution in [2.75, 3.05) is 14.2 Å². The Balaban J connectivity index is 3.18. The van der Waals surface area contributed by atoms with Crippen molar-refractivity contribution in [1.29, 1.82) is 0 Å². The maximum absolute atomic E-state index is 11.0. The molecule has 0 aliphatic heterocycles. The summed E-state index contributed by atoms with van der Waals surface area (Å²) in [4.78, 5) is 0.420. The topological polar surface area (TPSA) is 35.5 Å². The van der Waals surface area contributed by atoms with Crippen LogP contribution < -0.4 is 9.47 Å². The molecule has 1 rings (SSSR count). The van der Waals surface area contributed by atoms with Gasteiger partial charge in [0.15, 0.2) is 10.0 Å². The monoisotopic (exact) mass is 220 g/mol. The number of hydrogen-bond donors (Lipinski definition) is 0. The van der Waals surface area contributed by atoms with Crippen molar-refractivity contribution in [3.8, 4) is 11.5 Å². The lowest BCUT2D eigenvalue weighted by Crippen LogP contribution is -1.92. The smallest absolute Gasteiger partial charge is 0.151 e. The van der Waals surface area contributed by atoms with Gasteiger partial charge in [0.2, 0.25) is 0 Å². The lowest BCUT2D eigenvalue weighted by Gasteiger charge is -2.06. The minimum atomic E-state index is -1.59. The Morgan fingerprint density at radius 2 is 2.00 bits per heavy atom. The number of ether oxygens (including phenoxy) is 2. The van der Waals surface area contributed by atoms with Gasteiger partial charge in [0.05, 0.1) is 14.2 Å². The van der Waals surface area contributed by atoms with Crippen LogP contribution in [0.25, 0.3) is 0 Å². The first kappa shape index (κ1) is 10.3. The molecular formula is C8H9ClO3S. The van der Waals surface area contributed by atoms with E-state index in [1.807, 2.05) is 0 Å². The average molecular weight is 221 g/mol. The van der Waals surface area contributed by atoms with Gasteiger partial charge in [-0.05, 0) is 22.8 Å². The van der Waals surface area contributed by atoms with Crippen molar-refractivity contribution in [3.05, 3.63) is 18.2 Å². The Morgan fingerprint density at radius 3 is 2.46 bits per heavy atom. The average Bonchev–Trinajstić information content (AvgIpc) is 2.16. The normalized spacial score (nSPS) is 12.2. The van der Waals surface area contributed by atoms with E-state index in [9.17, 15) is 4.21 Å². The standard InChI is InChI=1S/C8H9ClO3S/c1-11-6-3-4-7(12-2)8(5-6)13(9)10/h3-5H,1-2H3. The molecule has 0 spiro atoms. The molecule has 0 aliphatic rings. The quantitative estimate of drug-likeness (QED) is 0.731. The van der Waals surface area contributed by atoms with E-state index in [-0.39, 0.29) is 0 Å². The second kappa shape index (κ2) is 4.48. The molecule has 1 aromatic carbocycles. The Kier molecular flexibility index (Phi) is 3.57. The zero-order valence-electron chi connectivity index (χ0n) is 7.24. The summed E-state index contributed by atoms with van der Waals surface area (Å²) in [5.41, 5.74) is 0. The SMILES string of the molecule is COc1ccc(OC)c(S(=O)Cl)c1. The van der Waals surface area contributed by atoms with E-state index in [4.69, 9.17) is 20.2 Å². The Morgan fingerprint density at radius 1 is 1.31 bits per heavy atom. The van der Waals surface area contributed by atoms with Gasteiger partial charge in [0.25, 0.3) is 0 Å². The molecule has 0 bridgehead atoms. The van der Waals surface area contributed by atoms with Gasteiger partial charge >= 0.3 is 0 Å². The third kappa shape index (κ3) is 2.35. The zero-order valence-corrected chi connectivity index (χ0v) is 8.82. The highest BCUT2D eigenvalue weighted by Gasteiger charge is 2.09. The van der Waals surface area contributed by atoms with Crippen LogP contribution in [0.1, 0.15) is 0 Å². The van der Waals surface area contributed by atoms with Gasteiger partial charge in [-0.2, -0.15) is 0 Å². The van der Waals surface area contributed by atoms with Crippen molar-refractivity contribution in [1.82, 2.24) is 0 Å². The third-order valence-corrected chi connectivity index (χ3v) is 2.71. The van der Waals surface area contributed by atoms with E-state index in [2.05, 4.69) is 0 Å². The van der Waals surface area contributed by atoms with Gasteiger partial charge in [-0.25, -0.2) is 4.21 Å². The molecule has 0 fully saturated rings. The first-order valence-corrected chi connectivity index (χ1v) is 5.46. The van der Waals surface area contributed by atoms with E-state index < -0.39 is 10.0 Å². The van der Waals surface area contributed by atoms with Gasteiger partial charge in [0, 0.05) is 6.07 Å². The molecule has 0 aliphatic carbocycles. The second-order valence-electron chi connectivity index (χ2n) is 2.24. The van der Waals surface area contributed by atoms with E-state index in [0.717, 1.165) is 0 Å². The lowest BCUT2D eigenvalue weighted by molar-refractivity contribution is 0.393. The summed E-state index contributed by atoms with van der Waals surface area (Å²) >= 11 is 0. The van der Waals surface area contributed by atoms with E-state index in [1.165, 1.54) is 14.2 Å². The number of rotatable bonds is 3. The van der Waals surface area contributed by atoms with Crippen molar-refractivity contribution in [2.45, 2.75) is 4.90 Å². The molecule has 1 atom stereocenters. The van der Waals surface area contributed by atoms with E-state index >= 15 is 0 Å². The van der Waals surface area contributed by atoms with Crippen molar-refractivity contribution < 1.29 is 13.7 Å². The summed E-state index contributed by atoms with van der Waals surface area (Å²) < 4.78 is 21.0. The molecule has 0 aromatic heterocycles. The summed E-state index contributed by atoms with van der Waals surface area (Å²) in [5.74, 6) is 1.10. The summed E-state index contributed by atoms with van der Waals surface area (Å²) in [6.07, 6.45) is 0. The molecule has 0 saturated carbocycles. The third-order valence-electron chi connectivity index (χ3n) is 1.54. The van der Waals surface area contributed by atoms with Gasteiger partial charge in [0.1, 0.15) is 16.4 Å². The van der Waals surface area contributed by atoms with Crippen LogP contribution in [0.4, 0.5) is 0 Å². The van der Waals surface area contributed by atoms with Crippen molar-refractivity contribution in [2.24, 2.45) is 0 Å². The first-order chi connectivity index (χ1) is 6.19. The van der Waals surface area contributed by atoms with E-state index in [0.29, 0.717) is 16.4 Å². The molecule has 0 N–H and O–H groups in total. The highest BCUT2D eigenvalue weighted by molar-refractivity contribution is 8.08. The Hall–Kier alpha value is -0.740. The molecule has 5 heteroatoms. The maximum atomic E-state index is 11.0. The molecule has 3 nitrogen and oxygen atoms in total. The van der Waals surface area contributed by atoms with E-state index in [1.54, 1.807) is 18.2 Å². The minimum Gasteiger partial charge on any atom is -0.497 e. The molecule has 72 valence electrons. The fourth-order valence-electron chi connectivity index (χ4n) is 0.909. The van der Waals surface area contributed by atoms with Crippen LogP contribution in [0.15, 0.2) is 23.1 Å². The first-order valence-electron chi connectivity index (χ1n) is 3.49. The fraction of sp³-hybridized carbons (Fsp3) is 0.250. The molecule has 0 radical (unpaired) electrons. The summed E-state index contributed by atoms with van der Waals surface area (Å²) in [6, 6.07) is 4.96. The van der Waals surface area contributed by atoms with Crippen LogP contribution >= 0.6 is 10.7 Å². The minimum absolute atomic E-state index is 0.420. The molecular weight excluding hydrogens is 212 g/mol. The highest BCUT2D eigenvalue weighted by atomic mass is 35.7. The van der Waals surface area contributed by atoms with Gasteiger partial charge in [-0.15, -0.1) is 0 Å². The predicted molar refractivity (Wildman–Crippen MR) is 51.8 cm³/mol. The predicted octanol–water partition coefficient (Wildman–Crippen LogP) is 1.97. The fourth-order valence-corrected chi connectivity index (χ4v) is 1.79. The van der Waals surface area contributed by atoms with Crippen LogP contribution in [-0.2, 0) is 10.0 Å². The van der Waals surface area contributed by atoms with Gasteiger partial charge in [-0.3, -0.25) is 0 Å². The molecule has 0 amide bonds. The maximum Gasteiger partial charge on any atom is 0.151 e. The van der Waals surface area contributed by atoms with Crippen LogP contribution in [0.2, 0.25) is 0 Å². The van der Waals surface area contributed by atoms with Gasteiger partial charge < -0.3 is 9.47 Å². The summed E-state index contributed by atoms with van der Waals surface area (Å²) in [6.45, 7) is 0. The van der Waals surface area contributed by atoms with Crippen molar-refractivity contribution >= 4 is 20.7 Å². The summed E-state index contributed by atoms with van der Waals surface area (Å²) in [7, 11) is 6.89. The molecule has 0 heterocycles. The molecule has 13 heavy (non-hydrogen) atoms. The zero-order chi connectivity index (χ0) is 9.84. The van der Waals surface area contributed by atoms with Crippen LogP contribution in [-0.4, -0.2) is 18.4 Å². The summed E-state index contributed by atoms with van der Waals surface area (Å²) in [5, 5.41) is 0. The van der Waals surface area contributed by atoms with Crippen LogP contribution in [0.3, 0.4) is 0 Å². The number of hydrogen-bond acceptors (Lipinski definition) is 3. The van der Waals surface area contributed by atoms with Gasteiger partial charge in [-0.1, -0.05) is 0 Å². The Bertz CT molecular complexity index is 327. The van der Waals surface area contributed by atoms with Crippen LogP contribution in [0.5, 0.6) is 11.5 Å².